The third-order valence-corrected chi connectivity index (χ3v) is 4.30. The molecule has 0 aromatic heterocycles. The topological polar surface area (TPSA) is 46.6 Å². The highest BCUT2D eigenvalue weighted by atomic mass is 35.5. The van der Waals surface area contributed by atoms with Gasteiger partial charge in [-0.25, -0.2) is 0 Å². The Morgan fingerprint density at radius 1 is 1.04 bits per heavy atom. The van der Waals surface area contributed by atoms with Crippen LogP contribution in [0.3, 0.4) is 0 Å². The molecule has 0 N–H and O–H groups in total. The minimum Gasteiger partial charge on any atom is -0.459 e. The largest absolute Gasteiger partial charge is 0.459 e. The van der Waals surface area contributed by atoms with E-state index in [4.69, 9.17) is 39.5 Å². The van der Waals surface area contributed by atoms with Crippen molar-refractivity contribution in [3.8, 4) is 0 Å². The SMILES string of the molecule is Cc1cccc(N(CC(=O)OC(C)(C)C)C(=O)c2c(Cl)cc(Cl)cc2Cl)c1. The van der Waals surface area contributed by atoms with Crippen molar-refractivity contribution in [1.82, 2.24) is 0 Å². The van der Waals surface area contributed by atoms with Gasteiger partial charge in [-0.1, -0.05) is 46.9 Å². The average Bonchev–Trinajstić information content (AvgIpc) is 2.49. The summed E-state index contributed by atoms with van der Waals surface area (Å²) in [5, 5.41) is 0.537. The van der Waals surface area contributed by atoms with Crippen molar-refractivity contribution in [2.45, 2.75) is 33.3 Å². The van der Waals surface area contributed by atoms with Crippen LogP contribution in [0, 0.1) is 6.92 Å². The summed E-state index contributed by atoms with van der Waals surface area (Å²) in [6.07, 6.45) is 0. The van der Waals surface area contributed by atoms with Crippen LogP contribution >= 0.6 is 34.8 Å². The number of amides is 1. The molecule has 0 aliphatic heterocycles. The molecule has 7 heteroatoms. The van der Waals surface area contributed by atoms with Crippen LogP contribution in [0.5, 0.6) is 0 Å². The van der Waals surface area contributed by atoms with E-state index in [9.17, 15) is 9.59 Å². The molecule has 0 aliphatic carbocycles. The van der Waals surface area contributed by atoms with Crippen molar-refractivity contribution in [1.29, 1.82) is 0 Å². The van der Waals surface area contributed by atoms with Crippen molar-refractivity contribution in [2.75, 3.05) is 11.4 Å². The van der Waals surface area contributed by atoms with Crippen molar-refractivity contribution in [3.63, 3.8) is 0 Å². The molecule has 0 unspecified atom stereocenters. The third kappa shape index (κ3) is 5.86. The number of halogens is 3. The molecule has 0 radical (unpaired) electrons. The molecule has 2 aromatic rings. The van der Waals surface area contributed by atoms with Crippen LogP contribution in [0.2, 0.25) is 15.1 Å². The minimum atomic E-state index is -0.673. The smallest absolute Gasteiger partial charge is 0.326 e. The highest BCUT2D eigenvalue weighted by Gasteiger charge is 2.27. The molecule has 0 saturated heterocycles. The average molecular weight is 429 g/mol. The second-order valence-electron chi connectivity index (χ2n) is 7.06. The Kier molecular flexibility index (Phi) is 6.79. The Balaban J connectivity index is 2.46. The van der Waals surface area contributed by atoms with Crippen LogP contribution in [0.4, 0.5) is 5.69 Å². The minimum absolute atomic E-state index is 0.0767. The molecule has 144 valence electrons. The fourth-order valence-electron chi connectivity index (χ4n) is 2.46. The molecule has 2 aromatic carbocycles. The number of carbonyl (C=O) groups excluding carboxylic acids is 2. The Bertz CT molecular complexity index is 852. The maximum absolute atomic E-state index is 13.2. The Hall–Kier alpha value is -1.75. The van der Waals surface area contributed by atoms with E-state index in [1.165, 1.54) is 17.0 Å². The maximum atomic E-state index is 13.2. The Morgan fingerprint density at radius 3 is 2.15 bits per heavy atom. The second kappa shape index (κ2) is 8.51. The number of aryl methyl sites for hydroxylation is 1. The van der Waals surface area contributed by atoms with E-state index in [0.29, 0.717) is 10.7 Å². The van der Waals surface area contributed by atoms with E-state index in [2.05, 4.69) is 0 Å². The van der Waals surface area contributed by atoms with Crippen LogP contribution < -0.4 is 4.90 Å². The summed E-state index contributed by atoms with van der Waals surface area (Å²) in [5.74, 6) is -1.06. The van der Waals surface area contributed by atoms with Gasteiger partial charge in [0, 0.05) is 10.7 Å². The predicted octanol–water partition coefficient (Wildman–Crippen LogP) is 5.94. The molecule has 0 aliphatic rings. The number of anilines is 1. The lowest BCUT2D eigenvalue weighted by molar-refractivity contribution is -0.152. The number of carbonyl (C=O) groups is 2. The first-order chi connectivity index (χ1) is 12.5. The van der Waals surface area contributed by atoms with Gasteiger partial charge < -0.3 is 4.74 Å². The molecule has 0 fully saturated rings. The van der Waals surface area contributed by atoms with Gasteiger partial charge in [0.25, 0.3) is 5.91 Å². The quantitative estimate of drug-likeness (QED) is 0.566. The van der Waals surface area contributed by atoms with Gasteiger partial charge in [-0.05, 0) is 57.5 Å². The van der Waals surface area contributed by atoms with Crippen LogP contribution in [0.25, 0.3) is 0 Å². The molecule has 1 amide bonds. The van der Waals surface area contributed by atoms with Gasteiger partial charge in [-0.15, -0.1) is 0 Å². The van der Waals surface area contributed by atoms with E-state index < -0.39 is 17.5 Å². The fourth-order valence-corrected chi connectivity index (χ4v) is 3.44. The van der Waals surface area contributed by atoms with Gasteiger partial charge in [-0.3, -0.25) is 14.5 Å². The molecule has 4 nitrogen and oxygen atoms in total. The molecule has 2 rings (SSSR count). The zero-order chi connectivity index (χ0) is 20.4. The lowest BCUT2D eigenvalue weighted by Gasteiger charge is -2.26. The Labute approximate surface area is 174 Å². The zero-order valence-electron chi connectivity index (χ0n) is 15.5. The van der Waals surface area contributed by atoms with Crippen molar-refractivity contribution < 1.29 is 14.3 Å². The first-order valence-electron chi connectivity index (χ1n) is 8.23. The number of nitrogens with zero attached hydrogens (tertiary/aromatic N) is 1. The summed E-state index contributed by atoms with van der Waals surface area (Å²) in [6.45, 7) is 6.89. The number of hydrogen-bond acceptors (Lipinski definition) is 3. The zero-order valence-corrected chi connectivity index (χ0v) is 17.7. The lowest BCUT2D eigenvalue weighted by Crippen LogP contribution is -2.39. The van der Waals surface area contributed by atoms with E-state index in [-0.39, 0.29) is 22.2 Å². The standard InChI is InChI=1S/C20H20Cl3NO3/c1-12-6-5-7-14(8-12)24(11-17(25)27-20(2,3)4)19(26)18-15(22)9-13(21)10-16(18)23/h5-10H,11H2,1-4H3. The molecule has 0 saturated carbocycles. The summed E-state index contributed by atoms with van der Waals surface area (Å²) < 4.78 is 5.37. The molecular weight excluding hydrogens is 409 g/mol. The summed E-state index contributed by atoms with van der Waals surface area (Å²) in [4.78, 5) is 26.9. The van der Waals surface area contributed by atoms with Gasteiger partial charge in [0.2, 0.25) is 0 Å². The summed E-state index contributed by atoms with van der Waals surface area (Å²) in [7, 11) is 0. The summed E-state index contributed by atoms with van der Waals surface area (Å²) in [6, 6.07) is 10.1. The van der Waals surface area contributed by atoms with Crippen molar-refractivity contribution in [3.05, 3.63) is 62.6 Å². The first-order valence-corrected chi connectivity index (χ1v) is 9.36. The molecule has 0 heterocycles. The van der Waals surface area contributed by atoms with Gasteiger partial charge in [0.05, 0.1) is 15.6 Å². The van der Waals surface area contributed by atoms with Gasteiger partial charge in [-0.2, -0.15) is 0 Å². The van der Waals surface area contributed by atoms with Crippen molar-refractivity contribution >= 4 is 52.4 Å². The van der Waals surface area contributed by atoms with E-state index in [0.717, 1.165) is 5.56 Å². The number of benzene rings is 2. The molecule has 0 bridgehead atoms. The number of rotatable bonds is 4. The molecule has 0 atom stereocenters. The van der Waals surface area contributed by atoms with Crippen LogP contribution in [0.15, 0.2) is 36.4 Å². The maximum Gasteiger partial charge on any atom is 0.326 e. The summed E-state index contributed by atoms with van der Waals surface area (Å²) in [5.41, 5.74) is 0.872. The van der Waals surface area contributed by atoms with Crippen molar-refractivity contribution in [2.24, 2.45) is 0 Å². The van der Waals surface area contributed by atoms with Crippen LogP contribution in [0.1, 0.15) is 36.7 Å². The number of hydrogen-bond donors (Lipinski definition) is 0. The van der Waals surface area contributed by atoms with Gasteiger partial charge >= 0.3 is 5.97 Å². The van der Waals surface area contributed by atoms with E-state index >= 15 is 0 Å². The number of ether oxygens (including phenoxy) is 1. The highest BCUT2D eigenvalue weighted by molar-refractivity contribution is 6.42. The Morgan fingerprint density at radius 2 is 1.63 bits per heavy atom. The molecule has 27 heavy (non-hydrogen) atoms. The van der Waals surface area contributed by atoms with E-state index in [1.54, 1.807) is 39.0 Å². The third-order valence-electron chi connectivity index (χ3n) is 3.49. The van der Waals surface area contributed by atoms with Crippen LogP contribution in [-0.4, -0.2) is 24.0 Å². The molecule has 0 spiro atoms. The second-order valence-corrected chi connectivity index (χ2v) is 8.31. The number of esters is 1. The van der Waals surface area contributed by atoms with Crippen LogP contribution in [-0.2, 0) is 9.53 Å². The molecular formula is C20H20Cl3NO3. The highest BCUT2D eigenvalue weighted by Crippen LogP contribution is 2.31. The lowest BCUT2D eigenvalue weighted by atomic mass is 10.1. The monoisotopic (exact) mass is 427 g/mol. The van der Waals surface area contributed by atoms with Gasteiger partial charge in [0.1, 0.15) is 12.1 Å². The fraction of sp³-hybridized carbons (Fsp3) is 0.300. The first kappa shape index (κ1) is 21.5. The van der Waals surface area contributed by atoms with E-state index in [1.807, 2.05) is 13.0 Å². The summed E-state index contributed by atoms with van der Waals surface area (Å²) >= 11 is 18.3. The predicted molar refractivity (Wildman–Crippen MR) is 110 cm³/mol. The normalized spacial score (nSPS) is 11.2. The van der Waals surface area contributed by atoms with Gasteiger partial charge in [0.15, 0.2) is 0 Å².